The van der Waals surface area contributed by atoms with Crippen LogP contribution < -0.4 is 10.6 Å². The molecule has 1 unspecified atom stereocenters. The summed E-state index contributed by atoms with van der Waals surface area (Å²) in [5.74, 6) is 0.603. The van der Waals surface area contributed by atoms with Gasteiger partial charge in [-0.25, -0.2) is 9.18 Å². The number of urea groups is 1. The molecule has 0 spiro atoms. The van der Waals surface area contributed by atoms with Crippen LogP contribution in [-0.2, 0) is 5.60 Å². The number of carbonyl (C=O) groups is 1. The van der Waals surface area contributed by atoms with E-state index in [1.807, 2.05) is 0 Å². The highest BCUT2D eigenvalue weighted by Crippen LogP contribution is 2.21. The number of aliphatic hydroxyl groups is 1. The summed E-state index contributed by atoms with van der Waals surface area (Å²) >= 11 is 0. The van der Waals surface area contributed by atoms with Crippen molar-refractivity contribution in [3.05, 3.63) is 53.7 Å². The number of nitrogens with one attached hydrogen (secondary N) is 2. The molecule has 2 rings (SSSR count). The second-order valence-corrected chi connectivity index (χ2v) is 5.00. The zero-order valence-corrected chi connectivity index (χ0v) is 11.8. The first-order valence-corrected chi connectivity index (χ1v) is 6.46. The van der Waals surface area contributed by atoms with Crippen molar-refractivity contribution < 1.29 is 18.7 Å². The fourth-order valence-corrected chi connectivity index (χ4v) is 1.81. The number of carbonyl (C=O) groups excluding carboxylic acids is 1. The number of hydrogen-bond donors (Lipinski definition) is 3. The third-order valence-electron chi connectivity index (χ3n) is 2.95. The average Bonchev–Trinajstić information content (AvgIpc) is 2.84. The highest BCUT2D eigenvalue weighted by molar-refractivity contribution is 5.89. The standard InChI is InChI=1S/C15H17FN2O3/c1-10-6-7-13(21-10)15(2,20)9-17-14(19)18-12-5-3-4-11(16)8-12/h3-8,20H,9H2,1-2H3,(H2,17,18,19). The molecule has 2 aromatic rings. The lowest BCUT2D eigenvalue weighted by Gasteiger charge is -2.21. The van der Waals surface area contributed by atoms with Gasteiger partial charge in [0, 0.05) is 5.69 Å². The number of anilines is 1. The topological polar surface area (TPSA) is 74.5 Å². The molecule has 2 amide bonds. The third-order valence-corrected chi connectivity index (χ3v) is 2.95. The number of furan rings is 1. The second-order valence-electron chi connectivity index (χ2n) is 5.00. The molecule has 21 heavy (non-hydrogen) atoms. The van der Waals surface area contributed by atoms with Gasteiger partial charge in [0.05, 0.1) is 6.54 Å². The van der Waals surface area contributed by atoms with Gasteiger partial charge in [0.1, 0.15) is 22.9 Å². The first-order valence-electron chi connectivity index (χ1n) is 6.46. The average molecular weight is 292 g/mol. The number of amides is 2. The third kappa shape index (κ3) is 4.06. The Morgan fingerprint density at radius 2 is 2.14 bits per heavy atom. The van der Waals surface area contributed by atoms with E-state index in [9.17, 15) is 14.3 Å². The van der Waals surface area contributed by atoms with Gasteiger partial charge in [-0.2, -0.15) is 0 Å². The highest BCUT2D eigenvalue weighted by atomic mass is 19.1. The van der Waals surface area contributed by atoms with E-state index < -0.39 is 17.4 Å². The molecule has 5 nitrogen and oxygen atoms in total. The Labute approximate surface area is 121 Å². The molecule has 112 valence electrons. The van der Waals surface area contributed by atoms with E-state index in [0.29, 0.717) is 17.2 Å². The Balaban J connectivity index is 1.91. The van der Waals surface area contributed by atoms with Crippen molar-refractivity contribution in [2.24, 2.45) is 0 Å². The van der Waals surface area contributed by atoms with Gasteiger partial charge in [-0.3, -0.25) is 0 Å². The molecular formula is C15H17FN2O3. The Kier molecular flexibility index (Phi) is 4.28. The van der Waals surface area contributed by atoms with Crippen molar-refractivity contribution >= 4 is 11.7 Å². The van der Waals surface area contributed by atoms with Crippen molar-refractivity contribution in [1.82, 2.24) is 5.32 Å². The van der Waals surface area contributed by atoms with E-state index in [1.165, 1.54) is 25.1 Å². The lowest BCUT2D eigenvalue weighted by atomic mass is 10.0. The number of hydrogen-bond acceptors (Lipinski definition) is 3. The van der Waals surface area contributed by atoms with Crippen molar-refractivity contribution in [1.29, 1.82) is 0 Å². The smallest absolute Gasteiger partial charge is 0.319 e. The summed E-state index contributed by atoms with van der Waals surface area (Å²) in [5, 5.41) is 15.3. The minimum atomic E-state index is -1.33. The van der Waals surface area contributed by atoms with E-state index in [0.717, 1.165) is 0 Å². The van der Waals surface area contributed by atoms with Crippen LogP contribution in [0.3, 0.4) is 0 Å². The quantitative estimate of drug-likeness (QED) is 0.811. The molecule has 1 aromatic heterocycles. The van der Waals surface area contributed by atoms with Gasteiger partial charge >= 0.3 is 6.03 Å². The van der Waals surface area contributed by atoms with Crippen LogP contribution in [0.25, 0.3) is 0 Å². The summed E-state index contributed by atoms with van der Waals surface area (Å²) < 4.78 is 18.3. The molecule has 0 saturated heterocycles. The van der Waals surface area contributed by atoms with E-state index in [1.54, 1.807) is 25.1 Å². The molecule has 0 aliphatic carbocycles. The number of halogens is 1. The predicted octanol–water partition coefficient (Wildman–Crippen LogP) is 2.76. The molecular weight excluding hydrogens is 275 g/mol. The van der Waals surface area contributed by atoms with Crippen LogP contribution in [-0.4, -0.2) is 17.7 Å². The van der Waals surface area contributed by atoms with Gasteiger partial charge in [0.2, 0.25) is 0 Å². The van der Waals surface area contributed by atoms with Crippen LogP contribution in [0, 0.1) is 12.7 Å². The lowest BCUT2D eigenvalue weighted by molar-refractivity contribution is 0.0364. The first-order chi connectivity index (χ1) is 9.87. The van der Waals surface area contributed by atoms with Gasteiger partial charge in [-0.1, -0.05) is 6.07 Å². The fourth-order valence-electron chi connectivity index (χ4n) is 1.81. The van der Waals surface area contributed by atoms with Gasteiger partial charge in [-0.15, -0.1) is 0 Å². The zero-order chi connectivity index (χ0) is 15.5. The van der Waals surface area contributed by atoms with E-state index in [2.05, 4.69) is 10.6 Å². The van der Waals surface area contributed by atoms with Crippen LogP contribution in [0.5, 0.6) is 0 Å². The lowest BCUT2D eigenvalue weighted by Crippen LogP contribution is -2.40. The molecule has 6 heteroatoms. The molecule has 0 aliphatic heterocycles. The number of rotatable bonds is 4. The number of benzene rings is 1. The SMILES string of the molecule is Cc1ccc(C(C)(O)CNC(=O)Nc2cccc(F)c2)o1. The van der Waals surface area contributed by atoms with Crippen LogP contribution in [0.4, 0.5) is 14.9 Å². The van der Waals surface area contributed by atoms with Gasteiger partial charge in [0.15, 0.2) is 0 Å². The van der Waals surface area contributed by atoms with Gasteiger partial charge < -0.3 is 20.2 Å². The zero-order valence-electron chi connectivity index (χ0n) is 11.8. The minimum absolute atomic E-state index is 0.0406. The van der Waals surface area contributed by atoms with Crippen LogP contribution in [0.15, 0.2) is 40.8 Å². The maximum absolute atomic E-state index is 13.0. The Morgan fingerprint density at radius 1 is 1.38 bits per heavy atom. The van der Waals surface area contributed by atoms with Gasteiger partial charge in [0.25, 0.3) is 0 Å². The molecule has 0 radical (unpaired) electrons. The van der Waals surface area contributed by atoms with Crippen LogP contribution >= 0.6 is 0 Å². The summed E-state index contributed by atoms with van der Waals surface area (Å²) in [6.45, 7) is 3.26. The Morgan fingerprint density at radius 3 is 2.76 bits per heavy atom. The Hall–Kier alpha value is -2.34. The van der Waals surface area contributed by atoms with Crippen LogP contribution in [0.1, 0.15) is 18.4 Å². The molecule has 1 aromatic carbocycles. The maximum atomic E-state index is 13.0. The number of aryl methyl sites for hydroxylation is 1. The van der Waals surface area contributed by atoms with E-state index in [4.69, 9.17) is 4.42 Å². The largest absolute Gasteiger partial charge is 0.463 e. The summed E-state index contributed by atoms with van der Waals surface area (Å²) in [5.41, 5.74) is -0.992. The summed E-state index contributed by atoms with van der Waals surface area (Å²) in [6, 6.07) is 8.39. The summed E-state index contributed by atoms with van der Waals surface area (Å²) in [7, 11) is 0. The van der Waals surface area contributed by atoms with Crippen molar-refractivity contribution in [3.8, 4) is 0 Å². The minimum Gasteiger partial charge on any atom is -0.463 e. The molecule has 1 atom stereocenters. The molecule has 1 heterocycles. The second kappa shape index (κ2) is 5.97. The van der Waals surface area contributed by atoms with E-state index in [-0.39, 0.29) is 6.54 Å². The fraction of sp³-hybridized carbons (Fsp3) is 0.267. The predicted molar refractivity (Wildman–Crippen MR) is 76.4 cm³/mol. The molecule has 0 fully saturated rings. The van der Waals surface area contributed by atoms with Crippen LogP contribution in [0.2, 0.25) is 0 Å². The molecule has 0 aliphatic rings. The molecule has 3 N–H and O–H groups in total. The molecule has 0 bridgehead atoms. The summed E-state index contributed by atoms with van der Waals surface area (Å²) in [4.78, 5) is 11.7. The van der Waals surface area contributed by atoms with Crippen molar-refractivity contribution in [2.75, 3.05) is 11.9 Å². The monoisotopic (exact) mass is 292 g/mol. The van der Waals surface area contributed by atoms with Crippen molar-refractivity contribution in [3.63, 3.8) is 0 Å². The molecule has 0 saturated carbocycles. The maximum Gasteiger partial charge on any atom is 0.319 e. The first kappa shape index (κ1) is 15.1. The summed E-state index contributed by atoms with van der Waals surface area (Å²) in [6.07, 6.45) is 0. The van der Waals surface area contributed by atoms with Crippen molar-refractivity contribution in [2.45, 2.75) is 19.4 Å². The highest BCUT2D eigenvalue weighted by Gasteiger charge is 2.27. The van der Waals surface area contributed by atoms with E-state index >= 15 is 0 Å². The van der Waals surface area contributed by atoms with Gasteiger partial charge in [-0.05, 0) is 44.2 Å². The normalized spacial score (nSPS) is 13.5. The Bertz CT molecular complexity index is 637.